The number of aromatic nitrogens is 1. The third-order valence-electron chi connectivity index (χ3n) is 4.70. The second-order valence-corrected chi connectivity index (χ2v) is 6.05. The summed E-state index contributed by atoms with van der Waals surface area (Å²) >= 11 is 0. The summed E-state index contributed by atoms with van der Waals surface area (Å²) in [6.07, 6.45) is 5.16. The van der Waals surface area contributed by atoms with Gasteiger partial charge in [-0.1, -0.05) is 0 Å². The Bertz CT molecular complexity index is 665. The number of nitrogens with two attached hydrogens (primary N) is 1. The summed E-state index contributed by atoms with van der Waals surface area (Å²) in [6, 6.07) is 5.05. The summed E-state index contributed by atoms with van der Waals surface area (Å²) in [5, 5.41) is 4.06. The number of anilines is 2. The third kappa shape index (κ3) is 2.31. The summed E-state index contributed by atoms with van der Waals surface area (Å²) in [6.45, 7) is 0.715. The van der Waals surface area contributed by atoms with Crippen molar-refractivity contribution >= 4 is 22.3 Å². The van der Waals surface area contributed by atoms with Gasteiger partial charge in [0.15, 0.2) is 5.82 Å². The fourth-order valence-electron chi connectivity index (χ4n) is 3.03. The molecular formula is C16H21FN4. The summed E-state index contributed by atoms with van der Waals surface area (Å²) in [4.78, 5) is 6.53. The maximum absolute atomic E-state index is 14.3. The highest BCUT2D eigenvalue weighted by molar-refractivity contribution is 5.98. The molecule has 0 spiro atoms. The van der Waals surface area contributed by atoms with Gasteiger partial charge in [-0.25, -0.2) is 4.39 Å². The minimum atomic E-state index is -0.341. The zero-order valence-electron chi connectivity index (χ0n) is 12.5. The monoisotopic (exact) mass is 288 g/mol. The second kappa shape index (κ2) is 5.15. The first-order valence-electron chi connectivity index (χ1n) is 7.27. The highest BCUT2D eigenvalue weighted by Crippen LogP contribution is 2.37. The molecular weight excluding hydrogens is 267 g/mol. The maximum atomic E-state index is 14.3. The van der Waals surface area contributed by atoms with Gasteiger partial charge in [-0.15, -0.1) is 0 Å². The van der Waals surface area contributed by atoms with Crippen LogP contribution in [0.15, 0.2) is 24.4 Å². The number of hydrogen-bond donors (Lipinski definition) is 2. The van der Waals surface area contributed by atoms with E-state index in [-0.39, 0.29) is 11.4 Å². The van der Waals surface area contributed by atoms with Gasteiger partial charge in [0.1, 0.15) is 0 Å². The first-order chi connectivity index (χ1) is 10.0. The number of benzene rings is 1. The molecule has 0 saturated heterocycles. The summed E-state index contributed by atoms with van der Waals surface area (Å²) in [7, 11) is 4.16. The first kappa shape index (κ1) is 14.1. The highest BCUT2D eigenvalue weighted by Gasteiger charge is 2.39. The van der Waals surface area contributed by atoms with E-state index in [1.165, 1.54) is 12.5 Å². The van der Waals surface area contributed by atoms with Crippen molar-refractivity contribution in [2.24, 2.45) is 0 Å². The van der Waals surface area contributed by atoms with Crippen LogP contribution in [0.25, 0.3) is 10.9 Å². The predicted molar refractivity (Wildman–Crippen MR) is 84.9 cm³/mol. The van der Waals surface area contributed by atoms with Crippen molar-refractivity contribution in [3.63, 3.8) is 0 Å². The number of nitrogens with zero attached hydrogens (tertiary/aromatic N) is 2. The van der Waals surface area contributed by atoms with Gasteiger partial charge >= 0.3 is 0 Å². The van der Waals surface area contributed by atoms with Gasteiger partial charge in [0.05, 0.1) is 11.2 Å². The first-order valence-corrected chi connectivity index (χ1v) is 7.27. The standard InChI is InChI=1S/C16H21FN4/c1-21(2)16(6-4-7-16)10-20-15-12(17)9-13(18)11-5-3-8-19-14(11)15/h3,5,8-9,20H,4,6-7,10,18H2,1-2H3. The van der Waals surface area contributed by atoms with Crippen LogP contribution in [0.4, 0.5) is 15.8 Å². The quantitative estimate of drug-likeness (QED) is 0.849. The van der Waals surface area contributed by atoms with E-state index < -0.39 is 0 Å². The lowest BCUT2D eigenvalue weighted by molar-refractivity contribution is 0.0739. The van der Waals surface area contributed by atoms with Crippen molar-refractivity contribution < 1.29 is 4.39 Å². The van der Waals surface area contributed by atoms with Crippen LogP contribution in [0.2, 0.25) is 0 Å². The topological polar surface area (TPSA) is 54.2 Å². The molecule has 1 saturated carbocycles. The molecule has 4 nitrogen and oxygen atoms in total. The molecule has 1 aromatic heterocycles. The zero-order chi connectivity index (χ0) is 15.0. The SMILES string of the molecule is CN(C)C1(CNc2c(F)cc(N)c3cccnc23)CCC1. The fourth-order valence-corrected chi connectivity index (χ4v) is 3.03. The second-order valence-electron chi connectivity index (χ2n) is 6.05. The van der Waals surface area contributed by atoms with Crippen molar-refractivity contribution in [2.75, 3.05) is 31.7 Å². The molecule has 112 valence electrons. The molecule has 0 atom stereocenters. The Kier molecular flexibility index (Phi) is 3.45. The summed E-state index contributed by atoms with van der Waals surface area (Å²) < 4.78 is 14.3. The Labute approximate surface area is 124 Å². The molecule has 5 heteroatoms. The molecule has 1 aromatic carbocycles. The Morgan fingerprint density at radius 1 is 1.43 bits per heavy atom. The molecule has 0 bridgehead atoms. The van der Waals surface area contributed by atoms with E-state index in [1.54, 1.807) is 6.20 Å². The van der Waals surface area contributed by atoms with Crippen LogP contribution in [0.3, 0.4) is 0 Å². The van der Waals surface area contributed by atoms with Crippen LogP contribution in [-0.2, 0) is 0 Å². The average Bonchev–Trinajstić information content (AvgIpc) is 2.40. The minimum Gasteiger partial charge on any atom is -0.398 e. The van der Waals surface area contributed by atoms with Crippen molar-refractivity contribution in [1.82, 2.24) is 9.88 Å². The van der Waals surface area contributed by atoms with Crippen molar-refractivity contribution in [3.05, 3.63) is 30.2 Å². The number of fused-ring (bicyclic) bond motifs is 1. The molecule has 0 unspecified atom stereocenters. The van der Waals surface area contributed by atoms with Crippen LogP contribution in [0.5, 0.6) is 0 Å². The Morgan fingerprint density at radius 2 is 2.19 bits per heavy atom. The summed E-state index contributed by atoms with van der Waals surface area (Å²) in [5.74, 6) is -0.341. The Balaban J connectivity index is 1.94. The van der Waals surface area contributed by atoms with Crippen LogP contribution in [0.1, 0.15) is 19.3 Å². The number of nitrogens with one attached hydrogen (secondary N) is 1. The van der Waals surface area contributed by atoms with E-state index >= 15 is 0 Å². The molecule has 1 aliphatic carbocycles. The van der Waals surface area contributed by atoms with E-state index in [2.05, 4.69) is 29.3 Å². The normalized spacial score (nSPS) is 17.0. The summed E-state index contributed by atoms with van der Waals surface area (Å²) in [5.41, 5.74) is 7.47. The van der Waals surface area contributed by atoms with Gasteiger partial charge in [-0.3, -0.25) is 4.98 Å². The van der Waals surface area contributed by atoms with E-state index in [0.717, 1.165) is 18.2 Å². The molecule has 0 radical (unpaired) electrons. The molecule has 3 rings (SSSR count). The maximum Gasteiger partial charge on any atom is 0.150 e. The van der Waals surface area contributed by atoms with Crippen LogP contribution in [-0.4, -0.2) is 36.1 Å². The lowest BCUT2D eigenvalue weighted by atomic mass is 9.75. The predicted octanol–water partition coefficient (Wildman–Crippen LogP) is 2.85. The molecule has 1 aliphatic rings. The molecule has 21 heavy (non-hydrogen) atoms. The number of rotatable bonds is 4. The third-order valence-corrected chi connectivity index (χ3v) is 4.70. The van der Waals surface area contributed by atoms with Crippen molar-refractivity contribution in [2.45, 2.75) is 24.8 Å². The smallest absolute Gasteiger partial charge is 0.150 e. The van der Waals surface area contributed by atoms with Gasteiger partial charge in [-0.2, -0.15) is 0 Å². The minimum absolute atomic E-state index is 0.120. The lowest BCUT2D eigenvalue weighted by Gasteiger charge is -2.47. The van der Waals surface area contributed by atoms with E-state index in [9.17, 15) is 4.39 Å². The van der Waals surface area contributed by atoms with Crippen LogP contribution >= 0.6 is 0 Å². The highest BCUT2D eigenvalue weighted by atomic mass is 19.1. The molecule has 2 aromatic rings. The molecule has 1 fully saturated rings. The van der Waals surface area contributed by atoms with E-state index in [1.807, 2.05) is 12.1 Å². The van der Waals surface area contributed by atoms with Crippen molar-refractivity contribution in [1.29, 1.82) is 0 Å². The van der Waals surface area contributed by atoms with Gasteiger partial charge in [0.2, 0.25) is 0 Å². The Hall–Kier alpha value is -1.88. The average molecular weight is 288 g/mol. The molecule has 1 heterocycles. The van der Waals surface area contributed by atoms with Gasteiger partial charge < -0.3 is 16.0 Å². The van der Waals surface area contributed by atoms with E-state index in [4.69, 9.17) is 5.73 Å². The van der Waals surface area contributed by atoms with Crippen LogP contribution in [0, 0.1) is 5.82 Å². The number of nitrogen functional groups attached to an aromatic ring is 1. The number of halogens is 1. The molecule has 0 aliphatic heterocycles. The van der Waals surface area contributed by atoms with Gasteiger partial charge in [0.25, 0.3) is 0 Å². The number of hydrogen-bond acceptors (Lipinski definition) is 4. The fraction of sp³-hybridized carbons (Fsp3) is 0.438. The van der Waals surface area contributed by atoms with Gasteiger partial charge in [-0.05, 0) is 51.6 Å². The van der Waals surface area contributed by atoms with Gasteiger partial charge in [0, 0.05) is 29.4 Å². The zero-order valence-corrected chi connectivity index (χ0v) is 12.5. The largest absolute Gasteiger partial charge is 0.398 e. The number of pyridine rings is 1. The Morgan fingerprint density at radius 3 is 2.81 bits per heavy atom. The number of likely N-dealkylation sites (N-methyl/N-ethyl adjacent to an activating group) is 1. The van der Waals surface area contributed by atoms with Crippen LogP contribution < -0.4 is 11.1 Å². The lowest BCUT2D eigenvalue weighted by Crippen LogP contribution is -2.54. The molecule has 0 amide bonds. The van der Waals surface area contributed by atoms with Crippen molar-refractivity contribution in [3.8, 4) is 0 Å². The van der Waals surface area contributed by atoms with E-state index in [0.29, 0.717) is 23.4 Å². The molecule has 3 N–H and O–H groups in total.